The molecule has 1 unspecified atom stereocenters. The van der Waals surface area contributed by atoms with Crippen molar-refractivity contribution in [3.05, 3.63) is 59.2 Å². The van der Waals surface area contributed by atoms with Crippen LogP contribution in [0.15, 0.2) is 42.5 Å². The molecule has 0 saturated carbocycles. The maximum atomic E-state index is 12.3. The Bertz CT molecular complexity index is 710. The highest BCUT2D eigenvalue weighted by Crippen LogP contribution is 2.26. The normalized spacial score (nSPS) is 15.7. The first kappa shape index (κ1) is 16.5. The zero-order valence-electron chi connectivity index (χ0n) is 14.3. The molecule has 0 fully saturated rings. The van der Waals surface area contributed by atoms with E-state index in [4.69, 9.17) is 4.74 Å². The third kappa shape index (κ3) is 3.95. The Hall–Kier alpha value is -2.33. The van der Waals surface area contributed by atoms with Crippen molar-refractivity contribution in [3.63, 3.8) is 0 Å². The first-order valence-electron chi connectivity index (χ1n) is 8.42. The second kappa shape index (κ2) is 7.49. The zero-order valence-corrected chi connectivity index (χ0v) is 14.3. The van der Waals surface area contributed by atoms with E-state index in [1.165, 1.54) is 11.1 Å². The average molecular weight is 324 g/mol. The first-order valence-corrected chi connectivity index (χ1v) is 8.42. The van der Waals surface area contributed by atoms with Gasteiger partial charge in [-0.15, -0.1) is 0 Å². The minimum absolute atomic E-state index is 0.145. The maximum Gasteiger partial charge on any atom is 0.176 e. The molecule has 0 aromatic heterocycles. The van der Waals surface area contributed by atoms with Crippen molar-refractivity contribution in [1.29, 1.82) is 0 Å². The summed E-state index contributed by atoms with van der Waals surface area (Å²) in [5.74, 6) is 1.01. The second-order valence-corrected chi connectivity index (χ2v) is 6.32. The molecule has 0 saturated heterocycles. The summed E-state index contributed by atoms with van der Waals surface area (Å²) in [4.78, 5) is 12.3. The van der Waals surface area contributed by atoms with Gasteiger partial charge in [0, 0.05) is 17.3 Å². The Labute approximate surface area is 143 Å². The molecule has 0 aliphatic carbocycles. The number of carbonyl (C=O) groups excluding carboxylic acids is 1. The van der Waals surface area contributed by atoms with Crippen LogP contribution in [0.5, 0.6) is 5.75 Å². The van der Waals surface area contributed by atoms with Gasteiger partial charge in [0.1, 0.15) is 5.75 Å². The van der Waals surface area contributed by atoms with Crippen LogP contribution in [0.3, 0.4) is 0 Å². The van der Waals surface area contributed by atoms with Gasteiger partial charge in [-0.05, 0) is 67.8 Å². The third-order valence-corrected chi connectivity index (χ3v) is 4.39. The Morgan fingerprint density at radius 3 is 2.79 bits per heavy atom. The quantitative estimate of drug-likeness (QED) is 0.607. The molecule has 1 atom stereocenters. The number of ether oxygens (including phenoxy) is 1. The fourth-order valence-corrected chi connectivity index (χ4v) is 3.05. The van der Waals surface area contributed by atoms with Crippen LogP contribution >= 0.6 is 0 Å². The SMILES string of the molecule is COc1ccc(CCNCC(=O)c2ccc3c(c2)CC(C)N3)cc1. The lowest BCUT2D eigenvalue weighted by Gasteiger charge is -2.07. The monoisotopic (exact) mass is 324 g/mol. The predicted octanol–water partition coefficient (Wildman–Crippen LogP) is 3.07. The van der Waals surface area contributed by atoms with E-state index in [0.717, 1.165) is 36.4 Å². The number of fused-ring (bicyclic) bond motifs is 1. The van der Waals surface area contributed by atoms with Gasteiger partial charge in [0.2, 0.25) is 0 Å². The van der Waals surface area contributed by atoms with E-state index in [9.17, 15) is 4.79 Å². The summed E-state index contributed by atoms with van der Waals surface area (Å²) >= 11 is 0. The second-order valence-electron chi connectivity index (χ2n) is 6.32. The number of nitrogens with one attached hydrogen (secondary N) is 2. The number of hydrogen-bond acceptors (Lipinski definition) is 4. The van der Waals surface area contributed by atoms with Crippen molar-refractivity contribution in [2.45, 2.75) is 25.8 Å². The lowest BCUT2D eigenvalue weighted by Crippen LogP contribution is -2.25. The zero-order chi connectivity index (χ0) is 16.9. The van der Waals surface area contributed by atoms with Gasteiger partial charge < -0.3 is 15.4 Å². The van der Waals surface area contributed by atoms with Gasteiger partial charge in [0.25, 0.3) is 0 Å². The molecular weight excluding hydrogens is 300 g/mol. The van der Waals surface area contributed by atoms with Gasteiger partial charge in [-0.3, -0.25) is 4.79 Å². The summed E-state index contributed by atoms with van der Waals surface area (Å²) in [5, 5.41) is 6.65. The van der Waals surface area contributed by atoms with Crippen LogP contribution < -0.4 is 15.4 Å². The molecule has 126 valence electrons. The fourth-order valence-electron chi connectivity index (χ4n) is 3.05. The Morgan fingerprint density at radius 2 is 2.04 bits per heavy atom. The van der Waals surface area contributed by atoms with E-state index in [1.54, 1.807) is 7.11 Å². The van der Waals surface area contributed by atoms with E-state index in [-0.39, 0.29) is 5.78 Å². The van der Waals surface area contributed by atoms with Gasteiger partial charge in [-0.2, -0.15) is 0 Å². The molecule has 1 aliphatic heterocycles. The summed E-state index contributed by atoms with van der Waals surface area (Å²) < 4.78 is 5.15. The smallest absolute Gasteiger partial charge is 0.176 e. The molecule has 4 heteroatoms. The van der Waals surface area contributed by atoms with Crippen molar-refractivity contribution in [2.75, 3.05) is 25.5 Å². The van der Waals surface area contributed by atoms with Crippen LogP contribution in [-0.4, -0.2) is 32.0 Å². The molecule has 1 aliphatic rings. The van der Waals surface area contributed by atoms with E-state index < -0.39 is 0 Å². The van der Waals surface area contributed by atoms with Crippen LogP contribution in [0.4, 0.5) is 5.69 Å². The van der Waals surface area contributed by atoms with Crippen molar-refractivity contribution >= 4 is 11.5 Å². The summed E-state index contributed by atoms with van der Waals surface area (Å²) in [7, 11) is 1.66. The van der Waals surface area contributed by atoms with E-state index in [0.29, 0.717) is 12.6 Å². The molecule has 0 spiro atoms. The summed E-state index contributed by atoms with van der Waals surface area (Å²) in [6, 6.07) is 14.4. The highest BCUT2D eigenvalue weighted by atomic mass is 16.5. The topological polar surface area (TPSA) is 50.4 Å². The van der Waals surface area contributed by atoms with E-state index in [2.05, 4.69) is 29.7 Å². The van der Waals surface area contributed by atoms with Gasteiger partial charge in [-0.25, -0.2) is 0 Å². The van der Waals surface area contributed by atoms with Gasteiger partial charge in [-0.1, -0.05) is 12.1 Å². The molecule has 0 amide bonds. The minimum Gasteiger partial charge on any atom is -0.497 e. The van der Waals surface area contributed by atoms with Crippen LogP contribution in [-0.2, 0) is 12.8 Å². The third-order valence-electron chi connectivity index (χ3n) is 4.39. The molecule has 2 aromatic rings. The van der Waals surface area contributed by atoms with Crippen LogP contribution in [0.1, 0.15) is 28.4 Å². The number of benzene rings is 2. The summed E-state index contributed by atoms with van der Waals surface area (Å²) in [5.41, 5.74) is 4.42. The van der Waals surface area contributed by atoms with Gasteiger partial charge in [0.05, 0.1) is 13.7 Å². The maximum absolute atomic E-state index is 12.3. The highest BCUT2D eigenvalue weighted by molar-refractivity contribution is 5.98. The largest absolute Gasteiger partial charge is 0.497 e. The van der Waals surface area contributed by atoms with Crippen molar-refractivity contribution in [2.24, 2.45) is 0 Å². The number of carbonyl (C=O) groups is 1. The van der Waals surface area contributed by atoms with Crippen LogP contribution in [0.2, 0.25) is 0 Å². The van der Waals surface area contributed by atoms with Gasteiger partial charge >= 0.3 is 0 Å². The van der Waals surface area contributed by atoms with Crippen molar-refractivity contribution in [1.82, 2.24) is 5.32 Å². The van der Waals surface area contributed by atoms with E-state index >= 15 is 0 Å². The van der Waals surface area contributed by atoms with Crippen LogP contribution in [0, 0.1) is 0 Å². The number of Topliss-reactive ketones (excluding diaryl/α,β-unsaturated/α-hetero) is 1. The number of rotatable bonds is 7. The number of ketones is 1. The number of methoxy groups -OCH3 is 1. The molecule has 24 heavy (non-hydrogen) atoms. The molecule has 1 heterocycles. The lowest BCUT2D eigenvalue weighted by atomic mass is 10.0. The lowest BCUT2D eigenvalue weighted by molar-refractivity contribution is 0.0991. The fraction of sp³-hybridized carbons (Fsp3) is 0.350. The predicted molar refractivity (Wildman–Crippen MR) is 97.1 cm³/mol. The van der Waals surface area contributed by atoms with Crippen molar-refractivity contribution in [3.8, 4) is 5.75 Å². The standard InChI is InChI=1S/C20H24N2O2/c1-14-11-17-12-16(5-8-19(17)22-14)20(23)13-21-10-9-15-3-6-18(24-2)7-4-15/h3-8,12,14,21-22H,9-11,13H2,1-2H3. The minimum atomic E-state index is 0.145. The molecule has 2 aromatic carbocycles. The first-order chi connectivity index (χ1) is 11.7. The highest BCUT2D eigenvalue weighted by Gasteiger charge is 2.18. The number of hydrogen-bond donors (Lipinski definition) is 2. The molecule has 2 N–H and O–H groups in total. The molecule has 0 bridgehead atoms. The molecular formula is C20H24N2O2. The van der Waals surface area contributed by atoms with Crippen LogP contribution in [0.25, 0.3) is 0 Å². The average Bonchev–Trinajstić information content (AvgIpc) is 2.98. The Balaban J connectivity index is 1.46. The summed E-state index contributed by atoms with van der Waals surface area (Å²) in [6.07, 6.45) is 1.88. The molecule has 0 radical (unpaired) electrons. The Kier molecular flexibility index (Phi) is 5.16. The summed E-state index contributed by atoms with van der Waals surface area (Å²) in [6.45, 7) is 3.31. The van der Waals surface area contributed by atoms with E-state index in [1.807, 2.05) is 30.3 Å². The van der Waals surface area contributed by atoms with Gasteiger partial charge in [0.15, 0.2) is 5.78 Å². The number of anilines is 1. The van der Waals surface area contributed by atoms with Crippen molar-refractivity contribution < 1.29 is 9.53 Å². The Morgan fingerprint density at radius 1 is 1.25 bits per heavy atom. The molecule has 3 rings (SSSR count). The molecule has 4 nitrogen and oxygen atoms in total.